The van der Waals surface area contributed by atoms with Crippen molar-refractivity contribution in [3.8, 4) is 5.75 Å². The van der Waals surface area contributed by atoms with Crippen LogP contribution < -0.4 is 4.74 Å². The van der Waals surface area contributed by atoms with Gasteiger partial charge in [-0.05, 0) is 43.2 Å². The fourth-order valence-electron chi connectivity index (χ4n) is 1.87. The van der Waals surface area contributed by atoms with Gasteiger partial charge in [-0.1, -0.05) is 12.1 Å². The van der Waals surface area contributed by atoms with E-state index in [4.69, 9.17) is 4.74 Å². The van der Waals surface area contributed by atoms with Crippen LogP contribution in [0.1, 0.15) is 22.5 Å². The molecule has 1 aromatic carbocycles. The molecule has 0 aliphatic heterocycles. The average Bonchev–Trinajstić information content (AvgIpc) is 2.82. The molecule has 0 fully saturated rings. The summed E-state index contributed by atoms with van der Waals surface area (Å²) in [6.45, 7) is 3.50. The third kappa shape index (κ3) is 3.23. The van der Waals surface area contributed by atoms with Crippen molar-refractivity contribution in [3.63, 3.8) is 0 Å². The Morgan fingerprint density at radius 3 is 2.94 bits per heavy atom. The molecule has 0 saturated carbocycles. The molecule has 3 heteroatoms. The van der Waals surface area contributed by atoms with Crippen LogP contribution in [0, 0.1) is 6.92 Å². The van der Waals surface area contributed by atoms with Gasteiger partial charge in [-0.2, -0.15) is 0 Å². The lowest BCUT2D eigenvalue weighted by Gasteiger charge is -2.08. The highest BCUT2D eigenvalue weighted by Gasteiger charge is 1.99. The Balaban J connectivity index is 1.78. The predicted octanol–water partition coefficient (Wildman–Crippen LogP) is 3.08. The van der Waals surface area contributed by atoms with E-state index < -0.39 is 0 Å². The molecule has 0 amide bonds. The van der Waals surface area contributed by atoms with E-state index in [2.05, 4.69) is 0 Å². The molecule has 0 saturated heterocycles. The highest BCUT2D eigenvalue weighted by atomic mass is 16.5. The van der Waals surface area contributed by atoms with Gasteiger partial charge in [-0.15, -0.1) is 0 Å². The van der Waals surface area contributed by atoms with E-state index >= 15 is 0 Å². The maximum Gasteiger partial charge on any atom is 0.166 e. The Kier molecular flexibility index (Phi) is 4.18. The van der Waals surface area contributed by atoms with E-state index in [1.807, 2.05) is 54.1 Å². The first-order chi connectivity index (χ1) is 8.79. The SMILES string of the molecule is Cc1cccc(OCCCn2cccc2C=O)c1. The number of benzene rings is 1. The van der Waals surface area contributed by atoms with Crippen molar-refractivity contribution in [3.05, 3.63) is 53.9 Å². The monoisotopic (exact) mass is 243 g/mol. The van der Waals surface area contributed by atoms with Gasteiger partial charge in [0.05, 0.1) is 12.3 Å². The number of aryl methyl sites for hydroxylation is 2. The molecule has 0 unspecified atom stereocenters. The summed E-state index contributed by atoms with van der Waals surface area (Å²) in [5, 5.41) is 0. The fraction of sp³-hybridized carbons (Fsp3) is 0.267. The number of carbonyl (C=O) groups excluding carboxylic acids is 1. The Morgan fingerprint density at radius 1 is 1.28 bits per heavy atom. The van der Waals surface area contributed by atoms with E-state index in [9.17, 15) is 4.79 Å². The molecule has 1 aromatic heterocycles. The highest BCUT2D eigenvalue weighted by Crippen LogP contribution is 2.12. The smallest absolute Gasteiger partial charge is 0.166 e. The Hall–Kier alpha value is -2.03. The zero-order valence-electron chi connectivity index (χ0n) is 10.5. The summed E-state index contributed by atoms with van der Waals surface area (Å²) in [5.41, 5.74) is 1.91. The van der Waals surface area contributed by atoms with Gasteiger partial charge >= 0.3 is 0 Å². The average molecular weight is 243 g/mol. The summed E-state index contributed by atoms with van der Waals surface area (Å²) in [5.74, 6) is 0.901. The first-order valence-corrected chi connectivity index (χ1v) is 6.09. The lowest BCUT2D eigenvalue weighted by Crippen LogP contribution is -2.06. The van der Waals surface area contributed by atoms with Gasteiger partial charge in [0, 0.05) is 12.7 Å². The number of rotatable bonds is 6. The van der Waals surface area contributed by atoms with Crippen LogP contribution in [-0.4, -0.2) is 17.5 Å². The standard InChI is InChI=1S/C15H17NO2/c1-13-5-2-7-15(11-13)18-10-4-9-16-8-3-6-14(16)12-17/h2-3,5-8,11-12H,4,9-10H2,1H3. The van der Waals surface area contributed by atoms with Crippen LogP contribution in [-0.2, 0) is 6.54 Å². The number of ether oxygens (including phenoxy) is 1. The zero-order chi connectivity index (χ0) is 12.8. The van der Waals surface area contributed by atoms with Gasteiger partial charge in [-0.25, -0.2) is 0 Å². The Morgan fingerprint density at radius 2 is 2.17 bits per heavy atom. The van der Waals surface area contributed by atoms with E-state index in [-0.39, 0.29) is 0 Å². The number of nitrogens with zero attached hydrogens (tertiary/aromatic N) is 1. The van der Waals surface area contributed by atoms with Gasteiger partial charge in [-0.3, -0.25) is 4.79 Å². The van der Waals surface area contributed by atoms with Crippen molar-refractivity contribution < 1.29 is 9.53 Å². The molecule has 0 aliphatic rings. The van der Waals surface area contributed by atoms with E-state index in [0.29, 0.717) is 12.3 Å². The van der Waals surface area contributed by atoms with Gasteiger partial charge in [0.2, 0.25) is 0 Å². The van der Waals surface area contributed by atoms with Crippen LogP contribution >= 0.6 is 0 Å². The summed E-state index contributed by atoms with van der Waals surface area (Å²) in [6, 6.07) is 11.7. The molecule has 0 spiro atoms. The summed E-state index contributed by atoms with van der Waals surface area (Å²) >= 11 is 0. The van der Waals surface area contributed by atoms with Crippen LogP contribution in [0.3, 0.4) is 0 Å². The van der Waals surface area contributed by atoms with Gasteiger partial charge in [0.15, 0.2) is 6.29 Å². The number of aldehydes is 1. The second kappa shape index (κ2) is 6.05. The largest absolute Gasteiger partial charge is 0.494 e. The van der Waals surface area contributed by atoms with Gasteiger partial charge < -0.3 is 9.30 Å². The molecular weight excluding hydrogens is 226 g/mol. The van der Waals surface area contributed by atoms with Gasteiger partial charge in [0.25, 0.3) is 0 Å². The maximum absolute atomic E-state index is 10.7. The topological polar surface area (TPSA) is 31.2 Å². The summed E-state index contributed by atoms with van der Waals surface area (Å²) in [4.78, 5) is 10.7. The molecule has 1 heterocycles. The quantitative estimate of drug-likeness (QED) is 0.576. The minimum atomic E-state index is 0.653. The molecule has 3 nitrogen and oxygen atoms in total. The first-order valence-electron chi connectivity index (χ1n) is 6.09. The number of carbonyl (C=O) groups is 1. The second-order valence-corrected chi connectivity index (χ2v) is 4.26. The molecular formula is C15H17NO2. The third-order valence-corrected chi connectivity index (χ3v) is 2.79. The van der Waals surface area contributed by atoms with Crippen LogP contribution in [0.15, 0.2) is 42.6 Å². The zero-order valence-corrected chi connectivity index (χ0v) is 10.5. The van der Waals surface area contributed by atoms with E-state index in [0.717, 1.165) is 25.0 Å². The van der Waals surface area contributed by atoms with Crippen molar-refractivity contribution in [2.24, 2.45) is 0 Å². The highest BCUT2D eigenvalue weighted by molar-refractivity contribution is 5.72. The number of hydrogen-bond donors (Lipinski definition) is 0. The molecule has 0 atom stereocenters. The fourth-order valence-corrected chi connectivity index (χ4v) is 1.87. The second-order valence-electron chi connectivity index (χ2n) is 4.26. The van der Waals surface area contributed by atoms with Crippen molar-refractivity contribution in [1.82, 2.24) is 4.57 Å². The summed E-state index contributed by atoms with van der Waals surface area (Å²) < 4.78 is 7.59. The molecule has 18 heavy (non-hydrogen) atoms. The first kappa shape index (κ1) is 12.4. The van der Waals surface area contributed by atoms with Crippen molar-refractivity contribution in [2.45, 2.75) is 19.9 Å². The summed E-state index contributed by atoms with van der Waals surface area (Å²) in [6.07, 6.45) is 3.67. The molecule has 2 rings (SSSR count). The molecule has 0 bridgehead atoms. The summed E-state index contributed by atoms with van der Waals surface area (Å²) in [7, 11) is 0. The van der Waals surface area contributed by atoms with E-state index in [1.54, 1.807) is 0 Å². The maximum atomic E-state index is 10.7. The van der Waals surface area contributed by atoms with Crippen LogP contribution in [0.4, 0.5) is 0 Å². The van der Waals surface area contributed by atoms with E-state index in [1.165, 1.54) is 5.56 Å². The minimum absolute atomic E-state index is 0.653. The molecule has 0 radical (unpaired) electrons. The molecule has 0 N–H and O–H groups in total. The Bertz CT molecular complexity index is 517. The molecule has 94 valence electrons. The lowest BCUT2D eigenvalue weighted by atomic mass is 10.2. The third-order valence-electron chi connectivity index (χ3n) is 2.79. The van der Waals surface area contributed by atoms with Crippen molar-refractivity contribution in [2.75, 3.05) is 6.61 Å². The Labute approximate surface area is 107 Å². The van der Waals surface area contributed by atoms with Crippen molar-refractivity contribution >= 4 is 6.29 Å². The number of aromatic nitrogens is 1. The number of hydrogen-bond acceptors (Lipinski definition) is 2. The van der Waals surface area contributed by atoms with Crippen LogP contribution in [0.5, 0.6) is 5.75 Å². The normalized spacial score (nSPS) is 10.3. The molecule has 0 aliphatic carbocycles. The predicted molar refractivity (Wildman–Crippen MR) is 71.1 cm³/mol. The van der Waals surface area contributed by atoms with Crippen LogP contribution in [0.2, 0.25) is 0 Å². The molecule has 2 aromatic rings. The van der Waals surface area contributed by atoms with Crippen molar-refractivity contribution in [1.29, 1.82) is 0 Å². The lowest BCUT2D eigenvalue weighted by molar-refractivity contribution is 0.111. The van der Waals surface area contributed by atoms with Crippen LogP contribution in [0.25, 0.3) is 0 Å². The minimum Gasteiger partial charge on any atom is -0.494 e. The van der Waals surface area contributed by atoms with Gasteiger partial charge in [0.1, 0.15) is 5.75 Å².